The van der Waals surface area contributed by atoms with Crippen molar-refractivity contribution >= 4 is 9.05 Å². The van der Waals surface area contributed by atoms with Crippen LogP contribution in [0, 0.1) is 0 Å². The molecule has 41 heavy (non-hydrogen) atoms. The zero-order chi connectivity index (χ0) is 33.8. The van der Waals surface area contributed by atoms with Gasteiger partial charge >= 0.3 is 0 Å². The van der Waals surface area contributed by atoms with Gasteiger partial charge in [0.05, 0.1) is 109 Å². The molecule has 0 aliphatic heterocycles. The Kier molecular flexibility index (Phi) is 34.7. The second-order valence-corrected chi connectivity index (χ2v) is 12.8. The lowest BCUT2D eigenvalue weighted by molar-refractivity contribution is -0.890. The summed E-state index contributed by atoms with van der Waals surface area (Å²) in [5.74, 6) is 0. The van der Waals surface area contributed by atoms with E-state index < -0.39 is 9.05 Å². The van der Waals surface area contributed by atoms with Crippen molar-refractivity contribution in [3.63, 3.8) is 0 Å². The molecule has 17 heteroatoms. The van der Waals surface area contributed by atoms with Gasteiger partial charge in [-0.05, 0) is 0 Å². The minimum atomic E-state index is -5.61. The Morgan fingerprint density at radius 3 is 0.439 bits per heavy atom. The van der Waals surface area contributed by atoms with Gasteiger partial charge in [0.25, 0.3) is 0 Å². The summed E-state index contributed by atoms with van der Waals surface area (Å²) in [6.45, 7) is 7.17. The topological polar surface area (TPSA) is 254 Å². The van der Waals surface area contributed by atoms with E-state index in [0.717, 1.165) is 0 Å². The summed E-state index contributed by atoms with van der Waals surface area (Å²) in [6.07, 6.45) is 0. The maximum Gasteiger partial charge on any atom is 0.102 e. The quantitative estimate of drug-likeness (QED) is 0.0586. The molecular formula is C24H64N4O12Si. The van der Waals surface area contributed by atoms with Crippen LogP contribution in [-0.4, -0.2) is 229 Å². The molecule has 0 atom stereocenters. The zero-order valence-electron chi connectivity index (χ0n) is 26.8. The highest BCUT2D eigenvalue weighted by molar-refractivity contribution is 6.38. The van der Waals surface area contributed by atoms with Gasteiger partial charge in [-0.2, -0.15) is 0 Å². The van der Waals surface area contributed by atoms with Gasteiger partial charge in [-0.3, -0.25) is 0 Å². The monoisotopic (exact) mass is 628 g/mol. The molecule has 0 saturated carbocycles. The highest BCUT2D eigenvalue weighted by Gasteiger charge is 2.13. The standard InChI is InChI=1S/4C6H16NO2.O4Si/c4*1-7(2,3-5-8)4-6-9;1-5(2,3)4/h4*8-9H,3-6H2,1-2H3;/q4*+1;-4. The Bertz CT molecular complexity index is 423. The molecule has 0 saturated heterocycles. The molecule has 0 aromatic carbocycles. The second kappa shape index (κ2) is 28.4. The molecule has 0 aromatic heterocycles. The Morgan fingerprint density at radius 2 is 0.390 bits per heavy atom. The van der Waals surface area contributed by atoms with E-state index in [0.29, 0.717) is 70.3 Å². The van der Waals surface area contributed by atoms with Gasteiger partial charge in [-0.15, -0.1) is 0 Å². The van der Waals surface area contributed by atoms with Crippen molar-refractivity contribution < 1.29 is 78.0 Å². The largest absolute Gasteiger partial charge is 0.894 e. The van der Waals surface area contributed by atoms with Gasteiger partial charge in [0, 0.05) is 0 Å². The minimum absolute atomic E-state index is 0.188. The third kappa shape index (κ3) is 56.0. The summed E-state index contributed by atoms with van der Waals surface area (Å²) in [4.78, 5) is 34.3. The SMILES string of the molecule is C[N+](C)(CCO)CCO.C[N+](C)(CCO)CCO.C[N+](C)(CCO)CCO.C[N+](C)(CCO)CCO.[O-][Si]([O-])([O-])[O-]. The van der Waals surface area contributed by atoms with Crippen molar-refractivity contribution in [3.8, 4) is 0 Å². The molecule has 0 radical (unpaired) electrons. The van der Waals surface area contributed by atoms with Crippen molar-refractivity contribution in [3.05, 3.63) is 0 Å². The molecule has 0 aromatic rings. The summed E-state index contributed by atoms with van der Waals surface area (Å²) >= 11 is 0. The third-order valence-corrected chi connectivity index (χ3v) is 5.64. The van der Waals surface area contributed by atoms with E-state index in [1.807, 2.05) is 56.4 Å². The van der Waals surface area contributed by atoms with Crippen LogP contribution < -0.4 is 19.2 Å². The smallest absolute Gasteiger partial charge is 0.102 e. The molecule has 0 bridgehead atoms. The average molecular weight is 629 g/mol. The first-order valence-corrected chi connectivity index (χ1v) is 15.1. The highest BCUT2D eigenvalue weighted by atomic mass is 28.4. The first-order chi connectivity index (χ1) is 18.5. The van der Waals surface area contributed by atoms with Crippen LogP contribution in [0.4, 0.5) is 0 Å². The van der Waals surface area contributed by atoms with Crippen molar-refractivity contribution in [2.45, 2.75) is 0 Å². The van der Waals surface area contributed by atoms with Gasteiger partial charge < -0.3 is 87.0 Å². The molecule has 0 heterocycles. The fraction of sp³-hybridized carbons (Fsp3) is 1.00. The molecule has 0 rings (SSSR count). The molecule has 0 aliphatic rings. The van der Waals surface area contributed by atoms with Crippen LogP contribution in [0.15, 0.2) is 0 Å². The first-order valence-electron chi connectivity index (χ1n) is 13.5. The summed E-state index contributed by atoms with van der Waals surface area (Å²) in [7, 11) is 10.2. The van der Waals surface area contributed by atoms with E-state index in [1.54, 1.807) is 0 Å². The number of aliphatic hydroxyl groups excluding tert-OH is 8. The van der Waals surface area contributed by atoms with Crippen LogP contribution in [0.5, 0.6) is 0 Å². The van der Waals surface area contributed by atoms with Crippen molar-refractivity contribution in [1.29, 1.82) is 0 Å². The molecular weight excluding hydrogens is 564 g/mol. The number of hydrogen-bond acceptors (Lipinski definition) is 12. The Balaban J connectivity index is -0.000000133. The Morgan fingerprint density at radius 1 is 0.317 bits per heavy atom. The van der Waals surface area contributed by atoms with Crippen LogP contribution in [-0.2, 0) is 0 Å². The number of likely N-dealkylation sites (N-methyl/N-ethyl adjacent to an activating group) is 4. The van der Waals surface area contributed by atoms with Crippen LogP contribution in [0.2, 0.25) is 0 Å². The van der Waals surface area contributed by atoms with Gasteiger partial charge in [0.1, 0.15) is 52.4 Å². The maximum atomic E-state index is 8.58. The maximum absolute atomic E-state index is 8.58. The fourth-order valence-corrected chi connectivity index (χ4v) is 2.61. The Labute approximate surface area is 248 Å². The lowest BCUT2D eigenvalue weighted by Crippen LogP contribution is -2.82. The van der Waals surface area contributed by atoms with Crippen molar-refractivity contribution in [2.24, 2.45) is 0 Å². The number of quaternary nitrogens is 4. The van der Waals surface area contributed by atoms with Crippen molar-refractivity contribution in [2.75, 3.05) is 162 Å². The molecule has 0 unspecified atom stereocenters. The number of nitrogens with zero attached hydrogens (tertiary/aromatic N) is 4. The predicted octanol–water partition coefficient (Wildman–Crippen LogP) is -8.95. The van der Waals surface area contributed by atoms with E-state index in [4.69, 9.17) is 60.0 Å². The van der Waals surface area contributed by atoms with Crippen LogP contribution >= 0.6 is 0 Å². The molecule has 0 fully saturated rings. The average Bonchev–Trinajstić information content (AvgIpc) is 2.73. The molecule has 0 spiro atoms. The lowest BCUT2D eigenvalue weighted by Gasteiger charge is -2.67. The molecule has 16 nitrogen and oxygen atoms in total. The number of rotatable bonds is 16. The molecule has 8 N–H and O–H groups in total. The lowest BCUT2D eigenvalue weighted by atomic mass is 10.4. The van der Waals surface area contributed by atoms with Gasteiger partial charge in [-0.25, -0.2) is 0 Å². The summed E-state index contributed by atoms with van der Waals surface area (Å²) in [5, 5.41) is 68.2. The van der Waals surface area contributed by atoms with Crippen LogP contribution in [0.3, 0.4) is 0 Å². The molecule has 256 valence electrons. The van der Waals surface area contributed by atoms with Gasteiger partial charge in [-0.1, -0.05) is 0 Å². The zero-order valence-corrected chi connectivity index (χ0v) is 27.8. The van der Waals surface area contributed by atoms with Crippen LogP contribution in [0.1, 0.15) is 0 Å². The molecule has 0 aliphatic carbocycles. The van der Waals surface area contributed by atoms with Gasteiger partial charge in [0.15, 0.2) is 0 Å². The summed E-state index contributed by atoms with van der Waals surface area (Å²) in [6, 6.07) is 0. The fourth-order valence-electron chi connectivity index (χ4n) is 2.61. The first kappa shape index (κ1) is 50.2. The number of hydrogen-bond donors (Lipinski definition) is 8. The van der Waals surface area contributed by atoms with E-state index in [-0.39, 0.29) is 52.9 Å². The second-order valence-electron chi connectivity index (χ2n) is 11.8. The Hall–Kier alpha value is -0.423. The van der Waals surface area contributed by atoms with E-state index >= 15 is 0 Å². The normalized spacial score (nSPS) is 12.0. The number of aliphatic hydroxyl groups is 8. The van der Waals surface area contributed by atoms with Crippen molar-refractivity contribution in [1.82, 2.24) is 0 Å². The minimum Gasteiger partial charge on any atom is -0.894 e. The van der Waals surface area contributed by atoms with Gasteiger partial charge in [0.2, 0.25) is 0 Å². The highest BCUT2D eigenvalue weighted by Crippen LogP contribution is 1.94. The van der Waals surface area contributed by atoms with E-state index in [9.17, 15) is 0 Å². The van der Waals surface area contributed by atoms with Crippen LogP contribution in [0.25, 0.3) is 0 Å². The van der Waals surface area contributed by atoms with E-state index in [1.165, 1.54) is 0 Å². The molecule has 0 amide bonds. The summed E-state index contributed by atoms with van der Waals surface area (Å²) in [5.41, 5.74) is 0. The summed E-state index contributed by atoms with van der Waals surface area (Å²) < 4.78 is 2.75. The third-order valence-electron chi connectivity index (χ3n) is 5.64. The van der Waals surface area contributed by atoms with E-state index in [2.05, 4.69) is 0 Å². The predicted molar refractivity (Wildman–Crippen MR) is 150 cm³/mol.